The van der Waals surface area contributed by atoms with E-state index in [4.69, 9.17) is 4.98 Å². The summed E-state index contributed by atoms with van der Waals surface area (Å²) in [5.41, 5.74) is 1.12. The highest BCUT2D eigenvalue weighted by Gasteiger charge is 2.34. The Labute approximate surface area is 207 Å². The molecular weight excluding hydrogens is 442 g/mol. The molecule has 9 heteroatoms. The summed E-state index contributed by atoms with van der Waals surface area (Å²) < 4.78 is 0. The lowest BCUT2D eigenvalue weighted by atomic mass is 10.1. The number of aryl methyl sites for hydroxylation is 1. The highest BCUT2D eigenvalue weighted by atomic mass is 16.4. The number of likely N-dealkylation sites (tertiary alicyclic amines) is 1. The van der Waals surface area contributed by atoms with Crippen LogP contribution >= 0.6 is 0 Å². The Balaban J connectivity index is 1.31. The highest BCUT2D eigenvalue weighted by molar-refractivity contribution is 5.87. The molecule has 2 aromatic heterocycles. The molecule has 0 amide bonds. The van der Waals surface area contributed by atoms with Crippen LogP contribution in [0.25, 0.3) is 0 Å². The van der Waals surface area contributed by atoms with Crippen LogP contribution in [0.1, 0.15) is 61.9 Å². The molecule has 5 rings (SSSR count). The average molecular weight is 480 g/mol. The SMILES string of the molecule is Cc1cc(C(=O)O)cnc1N1CCN(c2cc(N3CCCCC3N3CCCC3C)ncn2)C(C)C1. The minimum absolute atomic E-state index is 0.228. The Morgan fingerprint density at radius 2 is 1.71 bits per heavy atom. The summed E-state index contributed by atoms with van der Waals surface area (Å²) in [6.07, 6.45) is 9.87. The molecule has 0 saturated carbocycles. The number of carboxylic acid groups (broad SMARTS) is 1. The van der Waals surface area contributed by atoms with Crippen LogP contribution in [0.15, 0.2) is 24.7 Å². The zero-order chi connectivity index (χ0) is 24.5. The number of aromatic carboxylic acids is 1. The maximum absolute atomic E-state index is 11.3. The van der Waals surface area contributed by atoms with Crippen molar-refractivity contribution in [3.8, 4) is 0 Å². The van der Waals surface area contributed by atoms with Gasteiger partial charge in [-0.05, 0) is 64.5 Å². The number of carbonyl (C=O) groups is 1. The molecule has 0 aromatic carbocycles. The van der Waals surface area contributed by atoms with E-state index in [1.807, 2.05) is 6.92 Å². The fraction of sp³-hybridized carbons (Fsp3) is 0.615. The lowest BCUT2D eigenvalue weighted by Crippen LogP contribution is -2.53. The second-order valence-corrected chi connectivity index (χ2v) is 10.3. The Kier molecular flexibility index (Phi) is 6.77. The Morgan fingerprint density at radius 3 is 2.40 bits per heavy atom. The number of rotatable bonds is 5. The van der Waals surface area contributed by atoms with Crippen LogP contribution in [0.3, 0.4) is 0 Å². The van der Waals surface area contributed by atoms with Gasteiger partial charge in [0.15, 0.2) is 0 Å². The van der Waals surface area contributed by atoms with Crippen molar-refractivity contribution < 1.29 is 9.90 Å². The molecule has 2 aromatic rings. The van der Waals surface area contributed by atoms with E-state index in [9.17, 15) is 9.90 Å². The van der Waals surface area contributed by atoms with Crippen LogP contribution in [-0.2, 0) is 0 Å². The van der Waals surface area contributed by atoms with Crippen molar-refractivity contribution in [3.05, 3.63) is 35.8 Å². The third kappa shape index (κ3) is 4.78. The maximum atomic E-state index is 11.3. The molecule has 5 heterocycles. The molecule has 35 heavy (non-hydrogen) atoms. The maximum Gasteiger partial charge on any atom is 0.337 e. The first kappa shape index (κ1) is 23.8. The number of hydrogen-bond donors (Lipinski definition) is 1. The fourth-order valence-electron chi connectivity index (χ4n) is 6.08. The van der Waals surface area contributed by atoms with Crippen molar-refractivity contribution in [2.75, 3.05) is 47.4 Å². The van der Waals surface area contributed by atoms with Gasteiger partial charge in [0.05, 0.1) is 11.7 Å². The van der Waals surface area contributed by atoms with Gasteiger partial charge in [-0.2, -0.15) is 0 Å². The Morgan fingerprint density at radius 1 is 0.914 bits per heavy atom. The predicted molar refractivity (Wildman–Crippen MR) is 137 cm³/mol. The molecule has 0 bridgehead atoms. The van der Waals surface area contributed by atoms with Crippen LogP contribution in [0.5, 0.6) is 0 Å². The van der Waals surface area contributed by atoms with Gasteiger partial charge in [-0.15, -0.1) is 0 Å². The third-order valence-electron chi connectivity index (χ3n) is 7.91. The third-order valence-corrected chi connectivity index (χ3v) is 7.91. The number of piperazine rings is 1. The zero-order valence-corrected chi connectivity index (χ0v) is 21.1. The van der Waals surface area contributed by atoms with Crippen LogP contribution < -0.4 is 14.7 Å². The number of anilines is 3. The summed E-state index contributed by atoms with van der Waals surface area (Å²) in [7, 11) is 0. The summed E-state index contributed by atoms with van der Waals surface area (Å²) in [5, 5.41) is 9.24. The normalized spacial score (nSPS) is 25.8. The van der Waals surface area contributed by atoms with E-state index >= 15 is 0 Å². The second kappa shape index (κ2) is 9.97. The number of pyridine rings is 1. The smallest absolute Gasteiger partial charge is 0.337 e. The van der Waals surface area contributed by atoms with E-state index in [0.717, 1.165) is 49.2 Å². The predicted octanol–water partition coefficient (Wildman–Crippen LogP) is 3.39. The first-order chi connectivity index (χ1) is 16.9. The van der Waals surface area contributed by atoms with Gasteiger partial charge >= 0.3 is 5.97 Å². The van der Waals surface area contributed by atoms with E-state index in [-0.39, 0.29) is 11.6 Å². The molecule has 3 saturated heterocycles. The van der Waals surface area contributed by atoms with Crippen LogP contribution in [0, 0.1) is 6.92 Å². The van der Waals surface area contributed by atoms with Crippen molar-refractivity contribution in [1.82, 2.24) is 19.9 Å². The molecular formula is C26H37N7O2. The summed E-state index contributed by atoms with van der Waals surface area (Å²) in [6, 6.07) is 4.75. The molecule has 0 spiro atoms. The van der Waals surface area contributed by atoms with Gasteiger partial charge in [-0.25, -0.2) is 19.7 Å². The first-order valence-electron chi connectivity index (χ1n) is 13.0. The molecule has 9 nitrogen and oxygen atoms in total. The van der Waals surface area contributed by atoms with Crippen molar-refractivity contribution in [2.24, 2.45) is 0 Å². The molecule has 3 atom stereocenters. The number of piperidine rings is 1. The average Bonchev–Trinajstić information content (AvgIpc) is 3.29. The fourth-order valence-corrected chi connectivity index (χ4v) is 6.08. The van der Waals surface area contributed by atoms with Crippen LogP contribution in [0.4, 0.5) is 17.5 Å². The van der Waals surface area contributed by atoms with Crippen molar-refractivity contribution in [3.63, 3.8) is 0 Å². The lowest BCUT2D eigenvalue weighted by Gasteiger charge is -2.44. The topological polar surface area (TPSA) is 88.9 Å². The highest BCUT2D eigenvalue weighted by Crippen LogP contribution is 2.32. The molecule has 3 unspecified atom stereocenters. The Hall–Kier alpha value is -2.94. The molecule has 0 aliphatic carbocycles. The van der Waals surface area contributed by atoms with E-state index in [1.165, 1.54) is 44.8 Å². The van der Waals surface area contributed by atoms with Gasteiger partial charge in [0, 0.05) is 57.1 Å². The van der Waals surface area contributed by atoms with Gasteiger partial charge in [0.25, 0.3) is 0 Å². The summed E-state index contributed by atoms with van der Waals surface area (Å²) in [6.45, 7) is 11.2. The van der Waals surface area contributed by atoms with Gasteiger partial charge < -0.3 is 19.8 Å². The van der Waals surface area contributed by atoms with E-state index < -0.39 is 5.97 Å². The number of hydrogen-bond acceptors (Lipinski definition) is 8. The first-order valence-corrected chi connectivity index (χ1v) is 13.0. The largest absolute Gasteiger partial charge is 0.478 e. The standard InChI is InChI=1S/C26H37N7O2/c1-18-13-21(26(34)35)15-27-25(18)30-11-12-31(20(3)16-30)22-14-23(29-17-28-22)33-9-5-4-8-24(33)32-10-6-7-19(32)2/h13-15,17,19-20,24H,4-12,16H2,1-3H3,(H,34,35). The quantitative estimate of drug-likeness (QED) is 0.693. The molecule has 0 radical (unpaired) electrons. The van der Waals surface area contributed by atoms with Gasteiger partial charge in [-0.1, -0.05) is 0 Å². The van der Waals surface area contributed by atoms with Crippen molar-refractivity contribution >= 4 is 23.4 Å². The summed E-state index contributed by atoms with van der Waals surface area (Å²) in [4.78, 5) is 34.9. The summed E-state index contributed by atoms with van der Waals surface area (Å²) >= 11 is 0. The Bertz CT molecular complexity index is 1060. The van der Waals surface area contributed by atoms with E-state index in [0.29, 0.717) is 12.2 Å². The van der Waals surface area contributed by atoms with Crippen molar-refractivity contribution in [2.45, 2.75) is 71.1 Å². The van der Waals surface area contributed by atoms with E-state index in [1.54, 1.807) is 12.4 Å². The molecule has 3 aliphatic rings. The molecule has 1 N–H and O–H groups in total. The lowest BCUT2D eigenvalue weighted by molar-refractivity contribution is 0.0696. The number of nitrogens with zero attached hydrogens (tertiary/aromatic N) is 7. The number of aromatic nitrogens is 3. The zero-order valence-electron chi connectivity index (χ0n) is 21.1. The van der Waals surface area contributed by atoms with Gasteiger partial charge in [-0.3, -0.25) is 4.90 Å². The summed E-state index contributed by atoms with van der Waals surface area (Å²) in [5.74, 6) is 1.93. The van der Waals surface area contributed by atoms with Gasteiger partial charge in [0.1, 0.15) is 23.8 Å². The molecule has 188 valence electrons. The minimum atomic E-state index is -0.944. The monoisotopic (exact) mass is 479 g/mol. The van der Waals surface area contributed by atoms with Crippen LogP contribution in [-0.4, -0.2) is 81.9 Å². The number of carboxylic acids is 1. The molecule has 3 fully saturated rings. The van der Waals surface area contributed by atoms with Gasteiger partial charge in [0.2, 0.25) is 0 Å². The molecule has 3 aliphatic heterocycles. The van der Waals surface area contributed by atoms with Crippen LogP contribution in [0.2, 0.25) is 0 Å². The second-order valence-electron chi connectivity index (χ2n) is 10.3. The minimum Gasteiger partial charge on any atom is -0.478 e. The van der Waals surface area contributed by atoms with E-state index in [2.05, 4.69) is 49.5 Å². The van der Waals surface area contributed by atoms with Crippen molar-refractivity contribution in [1.29, 1.82) is 0 Å².